The van der Waals surface area contributed by atoms with Crippen molar-refractivity contribution < 1.29 is 0 Å². The summed E-state index contributed by atoms with van der Waals surface area (Å²) in [6.07, 6.45) is 4.44. The van der Waals surface area contributed by atoms with Crippen molar-refractivity contribution in [2.24, 2.45) is 5.92 Å². The zero-order chi connectivity index (χ0) is 13.1. The minimum Gasteiger partial charge on any atom is -0.352 e. The monoisotopic (exact) mass is 267 g/mol. The Labute approximate surface area is 115 Å². The normalized spacial score (nSPS) is 24.3. The highest BCUT2D eigenvalue weighted by Gasteiger charge is 2.26. The molecule has 4 heteroatoms. The number of aromatic nitrogens is 1. The van der Waals surface area contributed by atoms with E-state index in [1.807, 2.05) is 19.3 Å². The second-order valence-electron chi connectivity index (χ2n) is 5.23. The summed E-state index contributed by atoms with van der Waals surface area (Å²) in [5, 5.41) is 3.88. The molecule has 2 rings (SSSR count). The molecule has 0 aliphatic carbocycles. The summed E-state index contributed by atoms with van der Waals surface area (Å²) < 4.78 is 0. The molecule has 2 heterocycles. The van der Waals surface area contributed by atoms with Crippen molar-refractivity contribution in [3.8, 4) is 0 Å². The average Bonchev–Trinajstić information content (AvgIpc) is 2.34. The molecule has 1 aliphatic rings. The summed E-state index contributed by atoms with van der Waals surface area (Å²) in [7, 11) is 1.93. The lowest BCUT2D eigenvalue weighted by Crippen LogP contribution is -2.43. The molecule has 0 radical (unpaired) electrons. The van der Waals surface area contributed by atoms with Gasteiger partial charge in [0.1, 0.15) is 5.82 Å². The Morgan fingerprint density at radius 1 is 1.50 bits per heavy atom. The average molecular weight is 268 g/mol. The lowest BCUT2D eigenvalue weighted by atomic mass is 9.92. The predicted octanol–water partition coefficient (Wildman–Crippen LogP) is 3.08. The number of hydrogen-bond acceptors (Lipinski definition) is 3. The van der Waals surface area contributed by atoms with E-state index in [0.29, 0.717) is 12.0 Å². The maximum atomic E-state index is 6.38. The van der Waals surface area contributed by atoms with Crippen LogP contribution in [0.4, 0.5) is 5.82 Å². The Balaban J connectivity index is 2.22. The molecule has 0 amide bonds. The summed E-state index contributed by atoms with van der Waals surface area (Å²) in [5.74, 6) is 1.64. The molecule has 1 fully saturated rings. The lowest BCUT2D eigenvalue weighted by molar-refractivity contribution is 0.361. The van der Waals surface area contributed by atoms with Gasteiger partial charge >= 0.3 is 0 Å². The van der Waals surface area contributed by atoms with Crippen LogP contribution in [0.15, 0.2) is 12.3 Å². The van der Waals surface area contributed by atoms with E-state index in [2.05, 4.69) is 29.0 Å². The predicted molar refractivity (Wildman–Crippen MR) is 77.2 cm³/mol. The number of anilines is 1. The molecular formula is C14H22ClN3. The molecule has 18 heavy (non-hydrogen) atoms. The number of hydrogen-bond donors (Lipinski definition) is 1. The van der Waals surface area contributed by atoms with Crippen LogP contribution >= 0.6 is 11.6 Å². The number of rotatable bonds is 3. The standard InChI is InChI=1S/C14H22ClN3/c1-10-5-4-6-18(11(10)2)14-13(15)7-12(8-16-3)9-17-14/h7,9-11,16H,4-6,8H2,1-3H3. The highest BCUT2D eigenvalue weighted by atomic mass is 35.5. The van der Waals surface area contributed by atoms with Gasteiger partial charge in [0.25, 0.3) is 0 Å². The van der Waals surface area contributed by atoms with Crippen molar-refractivity contribution in [3.63, 3.8) is 0 Å². The Morgan fingerprint density at radius 3 is 2.94 bits per heavy atom. The second kappa shape index (κ2) is 5.89. The van der Waals surface area contributed by atoms with Crippen molar-refractivity contribution in [3.05, 3.63) is 22.8 Å². The van der Waals surface area contributed by atoms with Crippen LogP contribution in [0.5, 0.6) is 0 Å². The fourth-order valence-corrected chi connectivity index (χ4v) is 2.91. The van der Waals surface area contributed by atoms with Gasteiger partial charge in [0.15, 0.2) is 0 Å². The number of piperidine rings is 1. The van der Waals surface area contributed by atoms with Crippen LogP contribution in [-0.2, 0) is 6.54 Å². The minimum absolute atomic E-state index is 0.513. The Kier molecular flexibility index (Phi) is 4.46. The molecule has 2 unspecified atom stereocenters. The Hall–Kier alpha value is -0.800. The molecule has 0 bridgehead atoms. The molecule has 0 spiro atoms. The first-order chi connectivity index (χ1) is 8.63. The smallest absolute Gasteiger partial charge is 0.147 e. The Bertz CT molecular complexity index is 408. The van der Waals surface area contributed by atoms with Crippen molar-refractivity contribution in [2.45, 2.75) is 39.3 Å². The molecule has 1 aromatic heterocycles. The largest absolute Gasteiger partial charge is 0.352 e. The first kappa shape index (κ1) is 13.6. The van der Waals surface area contributed by atoms with Gasteiger partial charge in [0, 0.05) is 25.3 Å². The van der Waals surface area contributed by atoms with Gasteiger partial charge in [-0.3, -0.25) is 0 Å². The first-order valence-corrected chi connectivity index (χ1v) is 7.07. The summed E-state index contributed by atoms with van der Waals surface area (Å²) in [6.45, 7) is 6.44. The second-order valence-corrected chi connectivity index (χ2v) is 5.64. The minimum atomic E-state index is 0.513. The van der Waals surface area contributed by atoms with Crippen LogP contribution in [-0.4, -0.2) is 24.6 Å². The summed E-state index contributed by atoms with van der Waals surface area (Å²) in [4.78, 5) is 6.91. The molecule has 0 saturated carbocycles. The van der Waals surface area contributed by atoms with Gasteiger partial charge in [-0.05, 0) is 44.4 Å². The quantitative estimate of drug-likeness (QED) is 0.912. The van der Waals surface area contributed by atoms with E-state index < -0.39 is 0 Å². The maximum Gasteiger partial charge on any atom is 0.147 e. The third-order valence-corrected chi connectivity index (χ3v) is 4.18. The fraction of sp³-hybridized carbons (Fsp3) is 0.643. The molecule has 1 aliphatic heterocycles. The van der Waals surface area contributed by atoms with Crippen molar-refractivity contribution >= 4 is 17.4 Å². The van der Waals surface area contributed by atoms with Crippen LogP contribution in [0.2, 0.25) is 5.02 Å². The van der Waals surface area contributed by atoms with E-state index in [-0.39, 0.29) is 0 Å². The molecule has 3 nitrogen and oxygen atoms in total. The first-order valence-electron chi connectivity index (χ1n) is 6.69. The number of pyridine rings is 1. The van der Waals surface area contributed by atoms with E-state index >= 15 is 0 Å². The van der Waals surface area contributed by atoms with Gasteiger partial charge in [-0.2, -0.15) is 0 Å². The topological polar surface area (TPSA) is 28.2 Å². The van der Waals surface area contributed by atoms with E-state index in [0.717, 1.165) is 29.5 Å². The van der Waals surface area contributed by atoms with E-state index in [4.69, 9.17) is 11.6 Å². The summed E-state index contributed by atoms with van der Waals surface area (Å²) >= 11 is 6.38. The third-order valence-electron chi connectivity index (χ3n) is 3.90. The fourth-order valence-electron chi connectivity index (χ4n) is 2.62. The van der Waals surface area contributed by atoms with Gasteiger partial charge in [0.05, 0.1) is 5.02 Å². The van der Waals surface area contributed by atoms with Gasteiger partial charge in [-0.15, -0.1) is 0 Å². The zero-order valence-corrected chi connectivity index (χ0v) is 12.2. The number of halogens is 1. The number of nitrogens with zero attached hydrogens (tertiary/aromatic N) is 2. The van der Waals surface area contributed by atoms with Crippen molar-refractivity contribution in [2.75, 3.05) is 18.5 Å². The molecule has 1 aromatic rings. The van der Waals surface area contributed by atoms with Gasteiger partial charge < -0.3 is 10.2 Å². The van der Waals surface area contributed by atoms with Gasteiger partial charge in [-0.1, -0.05) is 18.5 Å². The maximum absolute atomic E-state index is 6.38. The zero-order valence-electron chi connectivity index (χ0n) is 11.4. The molecule has 0 aromatic carbocycles. The van der Waals surface area contributed by atoms with E-state index in [9.17, 15) is 0 Å². The van der Waals surface area contributed by atoms with Gasteiger partial charge in [-0.25, -0.2) is 4.98 Å². The van der Waals surface area contributed by atoms with E-state index in [1.54, 1.807) is 0 Å². The number of nitrogens with one attached hydrogen (secondary N) is 1. The van der Waals surface area contributed by atoms with E-state index in [1.165, 1.54) is 12.8 Å². The molecular weight excluding hydrogens is 246 g/mol. The van der Waals surface area contributed by atoms with Crippen LogP contribution in [0.1, 0.15) is 32.3 Å². The van der Waals surface area contributed by atoms with Crippen molar-refractivity contribution in [1.82, 2.24) is 10.3 Å². The van der Waals surface area contributed by atoms with Crippen LogP contribution in [0, 0.1) is 5.92 Å². The summed E-state index contributed by atoms with van der Waals surface area (Å²) in [6, 6.07) is 2.53. The van der Waals surface area contributed by atoms with Crippen molar-refractivity contribution in [1.29, 1.82) is 0 Å². The van der Waals surface area contributed by atoms with Crippen LogP contribution in [0.3, 0.4) is 0 Å². The van der Waals surface area contributed by atoms with Gasteiger partial charge in [0.2, 0.25) is 0 Å². The Morgan fingerprint density at radius 2 is 2.28 bits per heavy atom. The molecule has 1 saturated heterocycles. The third kappa shape index (κ3) is 2.78. The lowest BCUT2D eigenvalue weighted by Gasteiger charge is -2.39. The highest BCUT2D eigenvalue weighted by molar-refractivity contribution is 6.33. The van der Waals surface area contributed by atoms with Crippen LogP contribution < -0.4 is 10.2 Å². The molecule has 1 N–H and O–H groups in total. The summed E-state index contributed by atoms with van der Waals surface area (Å²) in [5.41, 5.74) is 1.13. The molecule has 100 valence electrons. The highest BCUT2D eigenvalue weighted by Crippen LogP contribution is 2.31. The SMILES string of the molecule is CNCc1cnc(N2CCCC(C)C2C)c(Cl)c1. The molecule has 2 atom stereocenters. The van der Waals surface area contributed by atoms with Crippen LogP contribution in [0.25, 0.3) is 0 Å².